The van der Waals surface area contributed by atoms with Gasteiger partial charge in [-0.3, -0.25) is 9.59 Å². The van der Waals surface area contributed by atoms with E-state index in [1.54, 1.807) is 29.2 Å². The van der Waals surface area contributed by atoms with E-state index in [2.05, 4.69) is 32.6 Å². The number of amides is 1. The molecule has 0 saturated carbocycles. The third kappa shape index (κ3) is 7.16. The molecule has 1 saturated heterocycles. The molecule has 1 fully saturated rings. The molecule has 7 heteroatoms. The first-order chi connectivity index (χ1) is 18.3. The van der Waals surface area contributed by atoms with Crippen LogP contribution in [-0.4, -0.2) is 66.0 Å². The number of likely N-dealkylation sites (tertiary alicyclic amines) is 1. The number of carbonyl (C=O) groups is 2. The lowest BCUT2D eigenvalue weighted by Crippen LogP contribution is -2.38. The Morgan fingerprint density at radius 1 is 0.974 bits per heavy atom. The smallest absolute Gasteiger partial charge is 0.295 e. The van der Waals surface area contributed by atoms with Gasteiger partial charge in [-0.2, -0.15) is 0 Å². The number of nitrogens with zero attached hydrogens (tertiary/aromatic N) is 2. The second-order valence-electron chi connectivity index (χ2n) is 10.00. The molecule has 0 spiro atoms. The molecule has 0 bridgehead atoms. The maximum absolute atomic E-state index is 13.4. The lowest BCUT2D eigenvalue weighted by Gasteiger charge is -2.28. The van der Waals surface area contributed by atoms with Crippen molar-refractivity contribution in [1.29, 1.82) is 0 Å². The molecule has 2 aromatic carbocycles. The predicted molar refractivity (Wildman–Crippen MR) is 150 cm³/mol. The van der Waals surface area contributed by atoms with E-state index >= 15 is 0 Å². The van der Waals surface area contributed by atoms with Gasteiger partial charge in [-0.05, 0) is 73.8 Å². The van der Waals surface area contributed by atoms with Crippen molar-refractivity contribution in [2.24, 2.45) is 5.92 Å². The van der Waals surface area contributed by atoms with E-state index in [4.69, 9.17) is 9.47 Å². The van der Waals surface area contributed by atoms with Crippen molar-refractivity contribution in [2.45, 2.75) is 53.5 Å². The number of benzene rings is 2. The summed E-state index contributed by atoms with van der Waals surface area (Å²) in [6, 6.07) is 13.7. The summed E-state index contributed by atoms with van der Waals surface area (Å²) in [6.07, 6.45) is 1.81. The quantitative estimate of drug-likeness (QED) is 0.196. The van der Waals surface area contributed by atoms with E-state index in [-0.39, 0.29) is 11.3 Å². The fraction of sp³-hybridized carbons (Fsp3) is 0.484. The second-order valence-corrected chi connectivity index (χ2v) is 10.00. The van der Waals surface area contributed by atoms with Crippen LogP contribution < -0.4 is 9.47 Å². The topological polar surface area (TPSA) is 79.3 Å². The predicted octanol–water partition coefficient (Wildman–Crippen LogP) is 5.66. The van der Waals surface area contributed by atoms with Crippen molar-refractivity contribution in [1.82, 2.24) is 9.80 Å². The Balaban J connectivity index is 2.01. The molecular formula is C31H42N2O5. The summed E-state index contributed by atoms with van der Waals surface area (Å²) in [6.45, 7) is 14.3. The van der Waals surface area contributed by atoms with Gasteiger partial charge in [0.15, 0.2) is 0 Å². The molecule has 3 rings (SSSR count). The number of aliphatic hydroxyl groups excluding tert-OH is 1. The number of ether oxygens (including phenoxy) is 2. The van der Waals surface area contributed by atoms with Gasteiger partial charge in [-0.15, -0.1) is 0 Å². The summed E-state index contributed by atoms with van der Waals surface area (Å²) in [4.78, 5) is 30.4. The summed E-state index contributed by atoms with van der Waals surface area (Å²) in [5.74, 6) is 0.416. The molecule has 1 atom stereocenters. The normalized spacial score (nSPS) is 17.0. The minimum Gasteiger partial charge on any atom is -0.507 e. The number of rotatable bonds is 14. The van der Waals surface area contributed by atoms with Crippen LogP contribution in [0.3, 0.4) is 0 Å². The summed E-state index contributed by atoms with van der Waals surface area (Å²) < 4.78 is 11.6. The Hall–Kier alpha value is -3.32. The maximum Gasteiger partial charge on any atom is 0.295 e. The molecule has 1 heterocycles. The van der Waals surface area contributed by atoms with Gasteiger partial charge >= 0.3 is 0 Å². The van der Waals surface area contributed by atoms with Gasteiger partial charge in [0, 0.05) is 18.7 Å². The molecule has 0 radical (unpaired) electrons. The monoisotopic (exact) mass is 522 g/mol. The minimum absolute atomic E-state index is 0.0936. The third-order valence-corrected chi connectivity index (χ3v) is 6.83. The largest absolute Gasteiger partial charge is 0.507 e. The van der Waals surface area contributed by atoms with E-state index in [9.17, 15) is 14.7 Å². The number of Topliss-reactive ketones (excluding diaryl/α,β-unsaturated/α-hetero) is 1. The third-order valence-electron chi connectivity index (χ3n) is 6.83. The van der Waals surface area contributed by atoms with Crippen molar-refractivity contribution >= 4 is 17.4 Å². The van der Waals surface area contributed by atoms with Crippen LogP contribution in [0.1, 0.15) is 64.6 Å². The summed E-state index contributed by atoms with van der Waals surface area (Å²) >= 11 is 0. The average molecular weight is 523 g/mol. The van der Waals surface area contributed by atoms with Gasteiger partial charge in [0.05, 0.1) is 24.8 Å². The van der Waals surface area contributed by atoms with Crippen LogP contribution >= 0.6 is 0 Å². The molecule has 1 amide bonds. The highest BCUT2D eigenvalue weighted by Crippen LogP contribution is 2.40. The van der Waals surface area contributed by atoms with Gasteiger partial charge < -0.3 is 24.4 Å². The fourth-order valence-electron chi connectivity index (χ4n) is 4.52. The number of hydrogen-bond donors (Lipinski definition) is 1. The molecule has 1 N–H and O–H groups in total. The van der Waals surface area contributed by atoms with E-state index < -0.39 is 17.7 Å². The Bertz CT molecular complexity index is 1110. The van der Waals surface area contributed by atoms with Gasteiger partial charge in [-0.25, -0.2) is 0 Å². The number of ketones is 1. The highest BCUT2D eigenvalue weighted by atomic mass is 16.5. The van der Waals surface area contributed by atoms with E-state index in [1.807, 2.05) is 31.2 Å². The first kappa shape index (κ1) is 29.2. The Kier molecular flexibility index (Phi) is 10.8. The van der Waals surface area contributed by atoms with E-state index in [0.717, 1.165) is 31.5 Å². The molecule has 7 nitrogen and oxygen atoms in total. The molecular weight excluding hydrogens is 480 g/mol. The van der Waals surface area contributed by atoms with E-state index in [1.165, 1.54) is 0 Å². The van der Waals surface area contributed by atoms with Crippen molar-refractivity contribution < 1.29 is 24.2 Å². The molecule has 0 aliphatic carbocycles. The zero-order chi connectivity index (χ0) is 27.7. The fourth-order valence-corrected chi connectivity index (χ4v) is 4.52. The molecule has 0 aromatic heterocycles. The van der Waals surface area contributed by atoms with Crippen molar-refractivity contribution in [3.05, 3.63) is 65.2 Å². The molecule has 1 aliphatic rings. The van der Waals surface area contributed by atoms with Crippen molar-refractivity contribution in [3.8, 4) is 11.5 Å². The van der Waals surface area contributed by atoms with Crippen LogP contribution in [0, 0.1) is 5.92 Å². The average Bonchev–Trinajstić information content (AvgIpc) is 3.17. The zero-order valence-corrected chi connectivity index (χ0v) is 23.4. The van der Waals surface area contributed by atoms with E-state index in [0.29, 0.717) is 49.3 Å². The molecule has 206 valence electrons. The van der Waals surface area contributed by atoms with Crippen LogP contribution in [0.5, 0.6) is 11.5 Å². The second kappa shape index (κ2) is 14.0. The number of likely N-dealkylation sites (N-methyl/N-ethyl adjacent to an activating group) is 1. The summed E-state index contributed by atoms with van der Waals surface area (Å²) in [5, 5.41) is 11.4. The number of hydrogen-bond acceptors (Lipinski definition) is 6. The van der Waals surface area contributed by atoms with Crippen LogP contribution in [0.25, 0.3) is 5.76 Å². The summed E-state index contributed by atoms with van der Waals surface area (Å²) in [7, 11) is 0. The SMILES string of the molecule is CCCOc1ccc(/C(O)=C2\C(=O)C(=O)N(CCN(CC)CC)C2c2cccc(OCCC(C)C)c2)cc1. The molecule has 1 unspecified atom stereocenters. The highest BCUT2D eigenvalue weighted by molar-refractivity contribution is 6.46. The number of carbonyl (C=O) groups excluding carboxylic acids is 2. The molecule has 1 aliphatic heterocycles. The van der Waals surface area contributed by atoms with Crippen LogP contribution in [-0.2, 0) is 9.59 Å². The Morgan fingerprint density at radius 3 is 2.29 bits per heavy atom. The van der Waals surface area contributed by atoms with Crippen LogP contribution in [0.15, 0.2) is 54.1 Å². The molecule has 2 aromatic rings. The lowest BCUT2D eigenvalue weighted by atomic mass is 9.95. The van der Waals surface area contributed by atoms with Crippen LogP contribution in [0.2, 0.25) is 0 Å². The zero-order valence-electron chi connectivity index (χ0n) is 23.4. The first-order valence-electron chi connectivity index (χ1n) is 13.8. The summed E-state index contributed by atoms with van der Waals surface area (Å²) in [5.41, 5.74) is 1.29. The van der Waals surface area contributed by atoms with Crippen LogP contribution in [0.4, 0.5) is 0 Å². The first-order valence-corrected chi connectivity index (χ1v) is 13.8. The molecule has 38 heavy (non-hydrogen) atoms. The van der Waals surface area contributed by atoms with Gasteiger partial charge in [0.1, 0.15) is 17.3 Å². The Labute approximate surface area is 227 Å². The maximum atomic E-state index is 13.4. The van der Waals surface area contributed by atoms with Gasteiger partial charge in [0.2, 0.25) is 0 Å². The highest BCUT2D eigenvalue weighted by Gasteiger charge is 2.46. The van der Waals surface area contributed by atoms with Crippen molar-refractivity contribution in [2.75, 3.05) is 39.4 Å². The van der Waals surface area contributed by atoms with Gasteiger partial charge in [-0.1, -0.05) is 46.8 Å². The van der Waals surface area contributed by atoms with Gasteiger partial charge in [0.25, 0.3) is 11.7 Å². The lowest BCUT2D eigenvalue weighted by molar-refractivity contribution is -0.140. The Morgan fingerprint density at radius 2 is 1.66 bits per heavy atom. The number of aliphatic hydroxyl groups is 1. The standard InChI is InChI=1S/C31H42N2O5/c1-6-19-37-25-14-12-23(13-15-25)29(34)27-28(24-10-9-11-26(21-24)38-20-16-22(4)5)33(31(36)30(27)35)18-17-32(7-2)8-3/h9-15,21-22,28,34H,6-8,16-20H2,1-5H3/b29-27+. The minimum atomic E-state index is -0.713. The van der Waals surface area contributed by atoms with Crippen molar-refractivity contribution in [3.63, 3.8) is 0 Å².